The lowest BCUT2D eigenvalue weighted by atomic mass is 9.83. The Bertz CT molecular complexity index is 87.7. The van der Waals surface area contributed by atoms with Gasteiger partial charge in [0.2, 0.25) is 0 Å². The summed E-state index contributed by atoms with van der Waals surface area (Å²) in [4.78, 5) is 9.65. The number of carboxylic acids is 1. The van der Waals surface area contributed by atoms with Gasteiger partial charge in [0.25, 0.3) is 0 Å². The normalized spacial score (nSPS) is 9.29. The molecule has 0 fully saturated rings. The molecule has 0 aromatic heterocycles. The second kappa shape index (κ2) is 3.46. The fourth-order valence-electron chi connectivity index (χ4n) is 0.179. The highest BCUT2D eigenvalue weighted by molar-refractivity contribution is 6.40. The van der Waals surface area contributed by atoms with Gasteiger partial charge in [0.05, 0.1) is 0 Å². The maximum atomic E-state index is 9.65. The third-order valence-electron chi connectivity index (χ3n) is 0.431. The van der Waals surface area contributed by atoms with Gasteiger partial charge in [0.15, 0.2) is 0 Å². The van der Waals surface area contributed by atoms with E-state index in [2.05, 4.69) is 0 Å². The molecule has 0 aliphatic carbocycles. The molecule has 0 saturated carbocycles. The van der Waals surface area contributed by atoms with Crippen LogP contribution in [0.5, 0.6) is 0 Å². The molecule has 0 spiro atoms. The van der Waals surface area contributed by atoms with Gasteiger partial charge in [-0.05, 0) is 0 Å². The number of aliphatic carboxylic acids is 1. The molecule has 0 aromatic carbocycles. The van der Waals surface area contributed by atoms with Crippen molar-refractivity contribution in [1.29, 1.82) is 0 Å². The van der Waals surface area contributed by atoms with Crippen molar-refractivity contribution in [3.05, 3.63) is 12.1 Å². The van der Waals surface area contributed by atoms with Crippen molar-refractivity contribution < 1.29 is 9.90 Å². The van der Waals surface area contributed by atoms with Gasteiger partial charge in [0.1, 0.15) is 7.28 Å². The molecular formula is C4H6BO2. The molecule has 2 nitrogen and oxygen atoms in total. The van der Waals surface area contributed by atoms with E-state index in [0.29, 0.717) is 0 Å². The Balaban J connectivity index is 3.26. The van der Waals surface area contributed by atoms with E-state index in [1.807, 2.05) is 0 Å². The molecule has 0 aliphatic heterocycles. The van der Waals surface area contributed by atoms with E-state index in [-0.39, 0.29) is 0 Å². The third-order valence-corrected chi connectivity index (χ3v) is 0.431. The molecule has 3 heteroatoms. The minimum atomic E-state index is -0.905. The van der Waals surface area contributed by atoms with Crippen molar-refractivity contribution in [1.82, 2.24) is 0 Å². The summed E-state index contributed by atoms with van der Waals surface area (Å²) < 4.78 is 0. The summed E-state index contributed by atoms with van der Waals surface area (Å²) in [7, 11) is 1.66. The smallest absolute Gasteiger partial charge is 0.327 e. The van der Waals surface area contributed by atoms with Gasteiger partial charge >= 0.3 is 5.97 Å². The molecule has 0 unspecified atom stereocenters. The van der Waals surface area contributed by atoms with Gasteiger partial charge in [-0.1, -0.05) is 6.82 Å². The molecule has 37 valence electrons. The number of carboxylic acid groups (broad SMARTS) is 1. The molecule has 0 aliphatic rings. The van der Waals surface area contributed by atoms with Crippen LogP contribution in [0.4, 0.5) is 0 Å². The SMILES string of the molecule is C[B]/C=C/C(=O)O. The summed E-state index contributed by atoms with van der Waals surface area (Å²) in [6.45, 7) is 1.76. The minimum Gasteiger partial charge on any atom is -0.478 e. The first-order valence-electron chi connectivity index (χ1n) is 1.96. The second-order valence-corrected chi connectivity index (χ2v) is 1.03. The van der Waals surface area contributed by atoms with Crippen molar-refractivity contribution in [3.63, 3.8) is 0 Å². The maximum Gasteiger partial charge on any atom is 0.327 e. The van der Waals surface area contributed by atoms with Crippen LogP contribution in [-0.4, -0.2) is 18.4 Å². The summed E-state index contributed by atoms with van der Waals surface area (Å²) in [5.74, 6) is 0.570. The average molecular weight is 96.9 g/mol. The van der Waals surface area contributed by atoms with Crippen molar-refractivity contribution in [2.75, 3.05) is 0 Å². The molecule has 0 bridgehead atoms. The molecule has 1 radical (unpaired) electrons. The molecule has 7 heavy (non-hydrogen) atoms. The van der Waals surface area contributed by atoms with Crippen LogP contribution in [0, 0.1) is 0 Å². The standard InChI is InChI=1S/C4H6BO2/c1-5-3-2-4(6)7/h2-3H,1H3,(H,6,7)/b3-2+. The number of carbonyl (C=O) groups is 1. The van der Waals surface area contributed by atoms with Gasteiger partial charge in [0, 0.05) is 6.08 Å². The molecule has 0 saturated heterocycles. The quantitative estimate of drug-likeness (QED) is 0.398. The number of hydrogen-bond donors (Lipinski definition) is 1. The Morgan fingerprint density at radius 1 is 1.86 bits per heavy atom. The van der Waals surface area contributed by atoms with Gasteiger partial charge in [-0.3, -0.25) is 0 Å². The zero-order chi connectivity index (χ0) is 5.70. The predicted octanol–water partition coefficient (Wildman–Crippen LogP) is 0.337. The van der Waals surface area contributed by atoms with Gasteiger partial charge in [-0.2, -0.15) is 0 Å². The van der Waals surface area contributed by atoms with Crippen LogP contribution in [0.25, 0.3) is 0 Å². The van der Waals surface area contributed by atoms with Crippen molar-refractivity contribution >= 4 is 13.2 Å². The van der Waals surface area contributed by atoms with E-state index in [1.54, 1.807) is 14.1 Å². The zero-order valence-corrected chi connectivity index (χ0v) is 4.09. The molecule has 0 amide bonds. The summed E-state index contributed by atoms with van der Waals surface area (Å²) in [5, 5.41) is 7.94. The number of rotatable bonds is 2. The Morgan fingerprint density at radius 3 is 2.57 bits per heavy atom. The summed E-state index contributed by atoms with van der Waals surface area (Å²) in [5.41, 5.74) is 0. The van der Waals surface area contributed by atoms with Crippen LogP contribution >= 0.6 is 0 Å². The maximum absolute atomic E-state index is 9.65. The van der Waals surface area contributed by atoms with Crippen molar-refractivity contribution in [2.24, 2.45) is 0 Å². The van der Waals surface area contributed by atoms with Crippen LogP contribution in [-0.2, 0) is 4.79 Å². The highest BCUT2D eigenvalue weighted by Crippen LogP contribution is 1.67. The molecule has 0 rings (SSSR count). The Labute approximate surface area is 43.1 Å². The van der Waals surface area contributed by atoms with Gasteiger partial charge < -0.3 is 5.11 Å². The Hall–Kier alpha value is -0.725. The minimum absolute atomic E-state index is 0.905. The number of hydrogen-bond acceptors (Lipinski definition) is 1. The summed E-state index contributed by atoms with van der Waals surface area (Å²) in [6.07, 6.45) is 1.08. The van der Waals surface area contributed by atoms with Crippen LogP contribution in [0.2, 0.25) is 6.82 Å². The molecule has 0 aromatic rings. The topological polar surface area (TPSA) is 37.3 Å². The van der Waals surface area contributed by atoms with Crippen LogP contribution in [0.3, 0.4) is 0 Å². The monoisotopic (exact) mass is 97.0 g/mol. The lowest BCUT2D eigenvalue weighted by molar-refractivity contribution is -0.131. The van der Waals surface area contributed by atoms with Crippen molar-refractivity contribution in [3.8, 4) is 0 Å². The molecular weight excluding hydrogens is 90.9 g/mol. The van der Waals surface area contributed by atoms with E-state index >= 15 is 0 Å². The summed E-state index contributed by atoms with van der Waals surface area (Å²) >= 11 is 0. The van der Waals surface area contributed by atoms with Gasteiger partial charge in [-0.15, -0.1) is 5.98 Å². The average Bonchev–Trinajstić information content (AvgIpc) is 1.61. The largest absolute Gasteiger partial charge is 0.478 e. The van der Waals surface area contributed by atoms with E-state index in [1.165, 1.54) is 5.98 Å². The fraction of sp³-hybridized carbons (Fsp3) is 0.250. The van der Waals surface area contributed by atoms with E-state index in [4.69, 9.17) is 5.11 Å². The van der Waals surface area contributed by atoms with Crippen molar-refractivity contribution in [2.45, 2.75) is 6.82 Å². The third kappa shape index (κ3) is 5.27. The molecule has 0 heterocycles. The zero-order valence-electron chi connectivity index (χ0n) is 4.09. The fourth-order valence-corrected chi connectivity index (χ4v) is 0.179. The van der Waals surface area contributed by atoms with Gasteiger partial charge in [-0.25, -0.2) is 4.79 Å². The lowest BCUT2D eigenvalue weighted by Gasteiger charge is -1.72. The summed E-state index contributed by atoms with van der Waals surface area (Å²) in [6, 6.07) is 0. The van der Waals surface area contributed by atoms with E-state index in [9.17, 15) is 4.79 Å². The lowest BCUT2D eigenvalue weighted by Crippen LogP contribution is -1.86. The highest BCUT2D eigenvalue weighted by atomic mass is 16.4. The Morgan fingerprint density at radius 2 is 2.43 bits per heavy atom. The first-order valence-corrected chi connectivity index (χ1v) is 1.96. The van der Waals surface area contributed by atoms with E-state index in [0.717, 1.165) is 6.08 Å². The Kier molecular flexibility index (Phi) is 3.11. The van der Waals surface area contributed by atoms with Crippen LogP contribution < -0.4 is 0 Å². The van der Waals surface area contributed by atoms with E-state index < -0.39 is 5.97 Å². The molecule has 1 N–H and O–H groups in total. The first kappa shape index (κ1) is 6.27. The second-order valence-electron chi connectivity index (χ2n) is 1.03. The van der Waals surface area contributed by atoms with Crippen LogP contribution in [0.15, 0.2) is 12.1 Å². The molecule has 0 atom stereocenters. The first-order chi connectivity index (χ1) is 3.27. The highest BCUT2D eigenvalue weighted by Gasteiger charge is 1.79. The van der Waals surface area contributed by atoms with Crippen LogP contribution in [0.1, 0.15) is 0 Å². The predicted molar refractivity (Wildman–Crippen MR) is 28.4 cm³/mol.